The van der Waals surface area contributed by atoms with Crippen LogP contribution in [0.5, 0.6) is 5.75 Å². The molecule has 0 heterocycles. The van der Waals surface area contributed by atoms with Crippen molar-refractivity contribution in [3.63, 3.8) is 0 Å². The lowest BCUT2D eigenvalue weighted by Crippen LogP contribution is -2.31. The second-order valence-electron chi connectivity index (χ2n) is 7.41. The molecule has 0 aliphatic heterocycles. The third-order valence-electron chi connectivity index (χ3n) is 3.40. The van der Waals surface area contributed by atoms with Gasteiger partial charge in [-0.3, -0.25) is 10.2 Å². The fourth-order valence-corrected chi connectivity index (χ4v) is 1.88. The standard InChI is InChI=1S/C17H28N2O2/c1-16(2,3)12-9-13(17(4,5)6)11-14(10-12)21-8-7-15(20)19-18/h9-11H,7-8,18H2,1-6H3,(H,19,20). The van der Waals surface area contributed by atoms with E-state index in [0.717, 1.165) is 5.75 Å². The van der Waals surface area contributed by atoms with E-state index in [2.05, 4.69) is 65.2 Å². The van der Waals surface area contributed by atoms with Gasteiger partial charge in [-0.2, -0.15) is 0 Å². The summed E-state index contributed by atoms with van der Waals surface area (Å²) in [5, 5.41) is 0. The van der Waals surface area contributed by atoms with Gasteiger partial charge in [0.2, 0.25) is 5.91 Å². The summed E-state index contributed by atoms with van der Waals surface area (Å²) in [4.78, 5) is 11.1. The van der Waals surface area contributed by atoms with E-state index in [0.29, 0.717) is 6.61 Å². The molecule has 0 saturated heterocycles. The highest BCUT2D eigenvalue weighted by molar-refractivity contribution is 5.75. The van der Waals surface area contributed by atoms with Crippen molar-refractivity contribution in [1.82, 2.24) is 5.43 Å². The molecule has 1 rings (SSSR count). The molecular weight excluding hydrogens is 264 g/mol. The van der Waals surface area contributed by atoms with Gasteiger partial charge >= 0.3 is 0 Å². The number of hydrazine groups is 1. The van der Waals surface area contributed by atoms with Crippen molar-refractivity contribution in [2.75, 3.05) is 6.61 Å². The van der Waals surface area contributed by atoms with Crippen LogP contribution in [0.25, 0.3) is 0 Å². The van der Waals surface area contributed by atoms with Crippen LogP contribution in [0.15, 0.2) is 18.2 Å². The minimum atomic E-state index is -0.224. The Balaban J connectivity index is 3.00. The van der Waals surface area contributed by atoms with Crippen molar-refractivity contribution in [3.8, 4) is 5.75 Å². The Bertz CT molecular complexity index is 464. The maximum absolute atomic E-state index is 11.1. The minimum Gasteiger partial charge on any atom is -0.493 e. The van der Waals surface area contributed by atoms with E-state index >= 15 is 0 Å². The monoisotopic (exact) mass is 292 g/mol. The number of nitrogens with two attached hydrogens (primary N) is 1. The van der Waals surface area contributed by atoms with Gasteiger partial charge in [0.15, 0.2) is 0 Å². The van der Waals surface area contributed by atoms with Crippen LogP contribution >= 0.6 is 0 Å². The Kier molecular flexibility index (Phi) is 5.40. The molecule has 1 aromatic rings. The molecule has 1 amide bonds. The summed E-state index contributed by atoms with van der Waals surface area (Å²) in [5.41, 5.74) is 4.66. The summed E-state index contributed by atoms with van der Waals surface area (Å²) in [6.07, 6.45) is 0.251. The number of carbonyl (C=O) groups is 1. The second kappa shape index (κ2) is 6.48. The van der Waals surface area contributed by atoms with Crippen molar-refractivity contribution < 1.29 is 9.53 Å². The molecule has 21 heavy (non-hydrogen) atoms. The molecule has 0 aliphatic carbocycles. The van der Waals surface area contributed by atoms with Gasteiger partial charge in [0, 0.05) is 0 Å². The molecule has 0 spiro atoms. The van der Waals surface area contributed by atoms with Crippen molar-refractivity contribution in [3.05, 3.63) is 29.3 Å². The molecule has 4 heteroatoms. The lowest BCUT2D eigenvalue weighted by Gasteiger charge is -2.26. The molecule has 0 aliphatic rings. The van der Waals surface area contributed by atoms with E-state index in [9.17, 15) is 4.79 Å². The van der Waals surface area contributed by atoms with E-state index in [1.165, 1.54) is 11.1 Å². The van der Waals surface area contributed by atoms with Gasteiger partial charge in [-0.1, -0.05) is 47.6 Å². The molecule has 4 nitrogen and oxygen atoms in total. The van der Waals surface area contributed by atoms with E-state index in [-0.39, 0.29) is 23.2 Å². The van der Waals surface area contributed by atoms with Crippen LogP contribution in [-0.4, -0.2) is 12.5 Å². The van der Waals surface area contributed by atoms with Crippen molar-refractivity contribution in [1.29, 1.82) is 0 Å². The third kappa shape index (κ3) is 5.38. The first kappa shape index (κ1) is 17.5. The third-order valence-corrected chi connectivity index (χ3v) is 3.40. The predicted molar refractivity (Wildman–Crippen MR) is 86.3 cm³/mol. The molecule has 0 atom stereocenters. The topological polar surface area (TPSA) is 64.3 Å². The number of nitrogens with one attached hydrogen (secondary N) is 1. The highest BCUT2D eigenvalue weighted by Crippen LogP contribution is 2.32. The van der Waals surface area contributed by atoms with E-state index in [1.807, 2.05) is 0 Å². The van der Waals surface area contributed by atoms with E-state index < -0.39 is 0 Å². The van der Waals surface area contributed by atoms with Crippen LogP contribution in [0, 0.1) is 0 Å². The van der Waals surface area contributed by atoms with Gasteiger partial charge in [0.05, 0.1) is 13.0 Å². The molecule has 0 fully saturated rings. The summed E-state index contributed by atoms with van der Waals surface area (Å²) in [7, 11) is 0. The SMILES string of the molecule is CC(C)(C)c1cc(OCCC(=O)NN)cc(C(C)(C)C)c1. The van der Waals surface area contributed by atoms with Crippen LogP contribution in [0.1, 0.15) is 59.1 Å². The molecule has 0 unspecified atom stereocenters. The highest BCUT2D eigenvalue weighted by atomic mass is 16.5. The number of carbonyl (C=O) groups excluding carboxylic acids is 1. The number of benzene rings is 1. The minimum absolute atomic E-state index is 0.0496. The van der Waals surface area contributed by atoms with Gasteiger partial charge in [-0.25, -0.2) is 5.84 Å². The molecule has 0 radical (unpaired) electrons. The van der Waals surface area contributed by atoms with E-state index in [4.69, 9.17) is 10.6 Å². The summed E-state index contributed by atoms with van der Waals surface area (Å²) in [5.74, 6) is 5.64. The normalized spacial score (nSPS) is 12.1. The predicted octanol–water partition coefficient (Wildman–Crippen LogP) is 3.04. The fraction of sp³-hybridized carbons (Fsp3) is 0.588. The maximum Gasteiger partial charge on any atom is 0.237 e. The van der Waals surface area contributed by atoms with Crippen LogP contribution in [0.3, 0.4) is 0 Å². The molecule has 3 N–H and O–H groups in total. The summed E-state index contributed by atoms with van der Waals surface area (Å²) in [6, 6.07) is 6.34. The second-order valence-corrected chi connectivity index (χ2v) is 7.41. The summed E-state index contributed by atoms with van der Waals surface area (Å²) in [6.45, 7) is 13.4. The van der Waals surface area contributed by atoms with Gasteiger partial charge in [0.25, 0.3) is 0 Å². The average molecular weight is 292 g/mol. The first-order valence-electron chi connectivity index (χ1n) is 7.32. The molecule has 1 aromatic carbocycles. The first-order chi connectivity index (χ1) is 9.54. The largest absolute Gasteiger partial charge is 0.493 e. The van der Waals surface area contributed by atoms with Crippen LogP contribution in [-0.2, 0) is 15.6 Å². The molecule has 0 saturated carbocycles. The zero-order valence-corrected chi connectivity index (χ0v) is 14.0. The average Bonchev–Trinajstić information content (AvgIpc) is 2.36. The Morgan fingerprint density at radius 2 is 1.52 bits per heavy atom. The van der Waals surface area contributed by atoms with Gasteiger partial charge in [-0.15, -0.1) is 0 Å². The zero-order valence-electron chi connectivity index (χ0n) is 14.0. The zero-order chi connectivity index (χ0) is 16.3. The van der Waals surface area contributed by atoms with Crippen molar-refractivity contribution >= 4 is 5.91 Å². The van der Waals surface area contributed by atoms with Crippen molar-refractivity contribution in [2.24, 2.45) is 5.84 Å². The van der Waals surface area contributed by atoms with Gasteiger partial charge < -0.3 is 4.74 Å². The Hall–Kier alpha value is -1.55. The number of rotatable bonds is 4. The summed E-state index contributed by atoms with van der Waals surface area (Å²) >= 11 is 0. The highest BCUT2D eigenvalue weighted by Gasteiger charge is 2.20. The number of hydrogen-bond acceptors (Lipinski definition) is 3. The van der Waals surface area contributed by atoms with Gasteiger partial charge in [0.1, 0.15) is 5.75 Å². The Morgan fingerprint density at radius 3 is 1.90 bits per heavy atom. The fourth-order valence-electron chi connectivity index (χ4n) is 1.88. The van der Waals surface area contributed by atoms with Crippen LogP contribution in [0.4, 0.5) is 0 Å². The lowest BCUT2D eigenvalue weighted by molar-refractivity contribution is -0.121. The molecule has 0 bridgehead atoms. The summed E-state index contributed by atoms with van der Waals surface area (Å²) < 4.78 is 5.73. The van der Waals surface area contributed by atoms with Crippen LogP contribution in [0.2, 0.25) is 0 Å². The Morgan fingerprint density at radius 1 is 1.05 bits per heavy atom. The maximum atomic E-state index is 11.1. The smallest absolute Gasteiger partial charge is 0.237 e. The molecule has 0 aromatic heterocycles. The number of amides is 1. The van der Waals surface area contributed by atoms with Crippen LogP contribution < -0.4 is 16.0 Å². The van der Waals surface area contributed by atoms with Gasteiger partial charge in [-0.05, 0) is 34.1 Å². The first-order valence-corrected chi connectivity index (χ1v) is 7.32. The quantitative estimate of drug-likeness (QED) is 0.509. The number of ether oxygens (including phenoxy) is 1. The lowest BCUT2D eigenvalue weighted by atomic mass is 9.80. The Labute approximate surface area is 128 Å². The molecule has 118 valence electrons. The number of hydrogen-bond donors (Lipinski definition) is 2. The van der Waals surface area contributed by atoms with Crippen molar-refractivity contribution in [2.45, 2.75) is 58.8 Å². The molecular formula is C17H28N2O2. The van der Waals surface area contributed by atoms with E-state index in [1.54, 1.807) is 0 Å².